The Bertz CT molecular complexity index is 802. The van der Waals surface area contributed by atoms with E-state index in [0.717, 1.165) is 5.56 Å². The van der Waals surface area contributed by atoms with Crippen LogP contribution in [0.1, 0.15) is 15.4 Å². The maximum absolute atomic E-state index is 13.0. The first-order valence-corrected chi connectivity index (χ1v) is 7.27. The number of carbonyl (C=O) groups is 1. The molecule has 2 aromatic heterocycles. The van der Waals surface area contributed by atoms with Crippen molar-refractivity contribution in [3.8, 4) is 10.6 Å². The lowest BCUT2D eigenvalue weighted by atomic mass is 10.2. The number of aryl methyl sites for hydroxylation is 1. The van der Waals surface area contributed by atoms with Crippen molar-refractivity contribution in [2.45, 2.75) is 6.92 Å². The molecule has 0 unspecified atom stereocenters. The van der Waals surface area contributed by atoms with Crippen molar-refractivity contribution in [1.82, 2.24) is 15.0 Å². The Morgan fingerprint density at radius 1 is 1.18 bits per heavy atom. The highest BCUT2D eigenvalue weighted by Gasteiger charge is 2.17. The lowest BCUT2D eigenvalue weighted by molar-refractivity contribution is 0.102. The second kappa shape index (κ2) is 5.98. The number of thiazole rings is 1. The predicted molar refractivity (Wildman–Crippen MR) is 82.2 cm³/mol. The van der Waals surface area contributed by atoms with Gasteiger partial charge in [-0.05, 0) is 37.3 Å². The lowest BCUT2D eigenvalue weighted by Gasteiger charge is -2.00. The summed E-state index contributed by atoms with van der Waals surface area (Å²) in [5.41, 5.74) is 1.38. The molecule has 0 spiro atoms. The molecule has 0 bridgehead atoms. The molecule has 110 valence electrons. The molecule has 0 aliphatic rings. The maximum atomic E-state index is 13.0. The molecule has 22 heavy (non-hydrogen) atoms. The molecule has 1 aromatic carbocycles. The summed E-state index contributed by atoms with van der Waals surface area (Å²) in [6.45, 7) is 1.75. The molecule has 1 N–H and O–H groups in total. The van der Waals surface area contributed by atoms with Gasteiger partial charge in [-0.25, -0.2) is 19.3 Å². The maximum Gasteiger partial charge on any atom is 0.270 e. The van der Waals surface area contributed by atoms with E-state index in [2.05, 4.69) is 20.3 Å². The van der Waals surface area contributed by atoms with Crippen LogP contribution in [0.15, 0.2) is 42.7 Å². The van der Waals surface area contributed by atoms with Gasteiger partial charge in [-0.2, -0.15) is 0 Å². The van der Waals surface area contributed by atoms with E-state index in [1.165, 1.54) is 23.5 Å². The van der Waals surface area contributed by atoms with Crippen LogP contribution < -0.4 is 5.32 Å². The van der Waals surface area contributed by atoms with Crippen molar-refractivity contribution in [1.29, 1.82) is 0 Å². The van der Waals surface area contributed by atoms with E-state index in [1.54, 1.807) is 37.5 Å². The van der Waals surface area contributed by atoms with Gasteiger partial charge in [0.05, 0.1) is 5.69 Å². The minimum atomic E-state index is -0.311. The van der Waals surface area contributed by atoms with Gasteiger partial charge in [-0.1, -0.05) is 0 Å². The first-order valence-electron chi connectivity index (χ1n) is 6.45. The Hall–Kier alpha value is -2.67. The van der Waals surface area contributed by atoms with Crippen molar-refractivity contribution in [2.75, 3.05) is 5.32 Å². The molecule has 0 saturated carbocycles. The summed E-state index contributed by atoms with van der Waals surface area (Å²) in [5, 5.41) is 3.29. The Morgan fingerprint density at radius 2 is 1.86 bits per heavy atom. The van der Waals surface area contributed by atoms with Gasteiger partial charge in [0.25, 0.3) is 5.91 Å². The molecule has 7 heteroatoms. The average molecular weight is 314 g/mol. The minimum Gasteiger partial charge on any atom is -0.290 e. The fourth-order valence-electron chi connectivity index (χ4n) is 1.84. The number of hydrogen-bond donors (Lipinski definition) is 1. The number of halogens is 1. The van der Waals surface area contributed by atoms with E-state index in [1.807, 2.05) is 0 Å². The number of nitrogens with zero attached hydrogens (tertiary/aromatic N) is 3. The van der Waals surface area contributed by atoms with Crippen molar-refractivity contribution in [2.24, 2.45) is 0 Å². The highest BCUT2D eigenvalue weighted by Crippen LogP contribution is 2.28. The van der Waals surface area contributed by atoms with Gasteiger partial charge in [0.2, 0.25) is 5.95 Å². The number of amides is 1. The Balaban J connectivity index is 1.86. The first kappa shape index (κ1) is 14.3. The molecule has 2 heterocycles. The Labute approximate surface area is 129 Å². The summed E-state index contributed by atoms with van der Waals surface area (Å²) in [5.74, 6) is -0.380. The van der Waals surface area contributed by atoms with Crippen molar-refractivity contribution >= 4 is 23.2 Å². The molecule has 3 aromatic rings. The highest BCUT2D eigenvalue weighted by atomic mass is 32.1. The number of nitrogens with one attached hydrogen (secondary N) is 1. The summed E-state index contributed by atoms with van der Waals surface area (Å²) < 4.78 is 13.0. The number of hydrogen-bond acceptors (Lipinski definition) is 5. The molecular formula is C15H11FN4OS. The van der Waals surface area contributed by atoms with Crippen LogP contribution in [0.25, 0.3) is 10.6 Å². The summed E-state index contributed by atoms with van der Waals surface area (Å²) in [6.07, 6.45) is 3.10. The van der Waals surface area contributed by atoms with Crippen LogP contribution in [0, 0.1) is 12.7 Å². The van der Waals surface area contributed by atoms with E-state index in [4.69, 9.17) is 0 Å². The largest absolute Gasteiger partial charge is 0.290 e. The van der Waals surface area contributed by atoms with Crippen molar-refractivity contribution < 1.29 is 9.18 Å². The van der Waals surface area contributed by atoms with E-state index in [9.17, 15) is 9.18 Å². The van der Waals surface area contributed by atoms with Crippen LogP contribution in [0.2, 0.25) is 0 Å². The van der Waals surface area contributed by atoms with Crippen LogP contribution >= 0.6 is 11.3 Å². The average Bonchev–Trinajstić information content (AvgIpc) is 2.91. The van der Waals surface area contributed by atoms with E-state index in [-0.39, 0.29) is 17.7 Å². The van der Waals surface area contributed by atoms with Crippen LogP contribution in [-0.2, 0) is 0 Å². The van der Waals surface area contributed by atoms with Gasteiger partial charge in [0.15, 0.2) is 0 Å². The first-order chi connectivity index (χ1) is 10.6. The molecule has 0 saturated heterocycles. The lowest BCUT2D eigenvalue weighted by Crippen LogP contribution is -2.13. The second-order valence-corrected chi connectivity index (χ2v) is 5.47. The molecule has 5 nitrogen and oxygen atoms in total. The third kappa shape index (κ3) is 2.99. The normalized spacial score (nSPS) is 10.5. The second-order valence-electron chi connectivity index (χ2n) is 4.47. The quantitative estimate of drug-likeness (QED) is 0.805. The number of aromatic nitrogens is 3. The number of anilines is 1. The van der Waals surface area contributed by atoms with Crippen molar-refractivity contribution in [3.63, 3.8) is 0 Å². The zero-order chi connectivity index (χ0) is 15.5. The number of carbonyl (C=O) groups excluding carboxylic acids is 1. The van der Waals surface area contributed by atoms with Crippen LogP contribution in [0.3, 0.4) is 0 Å². The van der Waals surface area contributed by atoms with Gasteiger partial charge in [0, 0.05) is 18.0 Å². The van der Waals surface area contributed by atoms with E-state index in [0.29, 0.717) is 15.6 Å². The summed E-state index contributed by atoms with van der Waals surface area (Å²) in [6, 6.07) is 7.67. The minimum absolute atomic E-state index is 0.239. The summed E-state index contributed by atoms with van der Waals surface area (Å²) in [7, 11) is 0. The van der Waals surface area contributed by atoms with Gasteiger partial charge in [-0.15, -0.1) is 11.3 Å². The monoisotopic (exact) mass is 314 g/mol. The van der Waals surface area contributed by atoms with Crippen LogP contribution in [0.4, 0.5) is 10.3 Å². The molecule has 0 aliphatic heterocycles. The topological polar surface area (TPSA) is 67.8 Å². The standard InChI is InChI=1S/C15H11FN4OS/c1-9-12(13(21)20-15-17-7-2-8-18-15)22-14(19-9)10-3-5-11(16)6-4-10/h2-8H,1H3,(H,17,18,20,21). The molecule has 1 amide bonds. The zero-order valence-electron chi connectivity index (χ0n) is 11.6. The van der Waals surface area contributed by atoms with E-state index < -0.39 is 0 Å². The van der Waals surface area contributed by atoms with Crippen LogP contribution in [0.5, 0.6) is 0 Å². The highest BCUT2D eigenvalue weighted by molar-refractivity contribution is 7.17. The fraction of sp³-hybridized carbons (Fsp3) is 0.0667. The van der Waals surface area contributed by atoms with Gasteiger partial charge in [-0.3, -0.25) is 10.1 Å². The van der Waals surface area contributed by atoms with Gasteiger partial charge >= 0.3 is 0 Å². The third-order valence-electron chi connectivity index (χ3n) is 2.89. The molecule has 0 radical (unpaired) electrons. The molecule has 3 rings (SSSR count). The third-order valence-corrected chi connectivity index (χ3v) is 4.09. The fourth-order valence-corrected chi connectivity index (χ4v) is 2.81. The van der Waals surface area contributed by atoms with Crippen molar-refractivity contribution in [3.05, 3.63) is 59.1 Å². The predicted octanol–water partition coefficient (Wildman–Crippen LogP) is 3.30. The Morgan fingerprint density at radius 3 is 2.55 bits per heavy atom. The molecule has 0 fully saturated rings. The summed E-state index contributed by atoms with van der Waals surface area (Å²) in [4.78, 5) is 25.0. The van der Waals surface area contributed by atoms with Gasteiger partial charge in [0.1, 0.15) is 15.7 Å². The Kier molecular flexibility index (Phi) is 3.88. The summed E-state index contributed by atoms with van der Waals surface area (Å²) >= 11 is 1.24. The van der Waals surface area contributed by atoms with Crippen LogP contribution in [-0.4, -0.2) is 20.9 Å². The SMILES string of the molecule is Cc1nc(-c2ccc(F)cc2)sc1C(=O)Nc1ncccn1. The molecule has 0 atom stereocenters. The zero-order valence-corrected chi connectivity index (χ0v) is 12.4. The number of rotatable bonds is 3. The molecule has 0 aliphatic carbocycles. The number of benzene rings is 1. The van der Waals surface area contributed by atoms with E-state index >= 15 is 0 Å². The van der Waals surface area contributed by atoms with Gasteiger partial charge < -0.3 is 0 Å². The smallest absolute Gasteiger partial charge is 0.270 e. The molecular weight excluding hydrogens is 303 g/mol.